The maximum Gasteiger partial charge on any atom is 0.127 e. The Balaban J connectivity index is 1.79. The Labute approximate surface area is 114 Å². The molecule has 2 heteroatoms. The zero-order valence-corrected chi connectivity index (χ0v) is 11.1. The lowest BCUT2D eigenvalue weighted by Gasteiger charge is -2.22. The molecule has 1 aliphatic rings. The number of rotatable bonds is 3. The Morgan fingerprint density at radius 2 is 1.68 bits per heavy atom. The molecule has 0 atom stereocenters. The van der Waals surface area contributed by atoms with Crippen LogP contribution in [0.3, 0.4) is 0 Å². The third kappa shape index (κ3) is 2.67. The van der Waals surface area contributed by atoms with E-state index in [1.807, 2.05) is 30.3 Å². The van der Waals surface area contributed by atoms with Crippen molar-refractivity contribution in [2.24, 2.45) is 5.92 Å². The summed E-state index contributed by atoms with van der Waals surface area (Å²) in [7, 11) is 0. The Morgan fingerprint density at radius 1 is 0.947 bits per heavy atom. The van der Waals surface area contributed by atoms with E-state index in [2.05, 4.69) is 0 Å². The van der Waals surface area contributed by atoms with Crippen LogP contribution < -0.4 is 4.74 Å². The second-order valence-electron chi connectivity index (χ2n) is 5.44. The van der Waals surface area contributed by atoms with E-state index >= 15 is 0 Å². The van der Waals surface area contributed by atoms with Gasteiger partial charge >= 0.3 is 0 Å². The molecule has 0 radical (unpaired) electrons. The van der Waals surface area contributed by atoms with Crippen LogP contribution in [0.5, 0.6) is 11.5 Å². The third-order valence-electron chi connectivity index (χ3n) is 4.06. The minimum atomic E-state index is 0.320. The normalized spacial score (nSPS) is 16.6. The number of fused-ring (bicyclic) bond motifs is 1. The first-order chi connectivity index (χ1) is 9.34. The summed E-state index contributed by atoms with van der Waals surface area (Å²) in [5.41, 5.74) is 0. The molecule has 0 spiro atoms. The average Bonchev–Trinajstić information content (AvgIpc) is 2.47. The van der Waals surface area contributed by atoms with Crippen LogP contribution in [0.2, 0.25) is 0 Å². The van der Waals surface area contributed by atoms with Crippen LogP contribution >= 0.6 is 0 Å². The van der Waals surface area contributed by atoms with Crippen molar-refractivity contribution >= 4 is 10.8 Å². The molecule has 2 nitrogen and oxygen atoms in total. The molecule has 1 N–H and O–H groups in total. The summed E-state index contributed by atoms with van der Waals surface area (Å²) >= 11 is 0. The van der Waals surface area contributed by atoms with Gasteiger partial charge in [-0.3, -0.25) is 0 Å². The Hall–Kier alpha value is -1.70. The number of phenolic OH excluding ortho intramolecular Hbond substituents is 1. The molecular weight excluding hydrogens is 236 g/mol. The maximum atomic E-state index is 9.86. The van der Waals surface area contributed by atoms with Crippen LogP contribution in [-0.2, 0) is 0 Å². The molecule has 2 aromatic carbocycles. The molecule has 19 heavy (non-hydrogen) atoms. The van der Waals surface area contributed by atoms with Gasteiger partial charge in [0.15, 0.2) is 0 Å². The number of ether oxygens (including phenoxy) is 1. The molecule has 0 aliphatic heterocycles. The van der Waals surface area contributed by atoms with E-state index in [9.17, 15) is 5.11 Å². The van der Waals surface area contributed by atoms with Crippen LogP contribution in [0.4, 0.5) is 0 Å². The minimum Gasteiger partial charge on any atom is -0.507 e. The van der Waals surface area contributed by atoms with Crippen LogP contribution in [0, 0.1) is 5.92 Å². The first kappa shape index (κ1) is 12.3. The fourth-order valence-electron chi connectivity index (χ4n) is 2.95. The molecule has 0 bridgehead atoms. The summed E-state index contributed by atoms with van der Waals surface area (Å²) in [4.78, 5) is 0. The first-order valence-electron chi connectivity index (χ1n) is 7.18. The van der Waals surface area contributed by atoms with Gasteiger partial charge in [0, 0.05) is 10.8 Å². The van der Waals surface area contributed by atoms with Gasteiger partial charge in [0.05, 0.1) is 6.61 Å². The SMILES string of the molecule is Oc1cccc2c(OCC3CCCCC3)cccc12. The summed E-state index contributed by atoms with van der Waals surface area (Å²) in [5.74, 6) is 1.90. The monoisotopic (exact) mass is 256 g/mol. The van der Waals surface area contributed by atoms with Crippen LogP contribution in [0.1, 0.15) is 32.1 Å². The van der Waals surface area contributed by atoms with E-state index in [1.54, 1.807) is 6.07 Å². The van der Waals surface area contributed by atoms with Gasteiger partial charge in [-0.2, -0.15) is 0 Å². The Morgan fingerprint density at radius 3 is 2.53 bits per heavy atom. The second kappa shape index (κ2) is 5.52. The summed E-state index contributed by atoms with van der Waals surface area (Å²) in [5, 5.41) is 11.7. The van der Waals surface area contributed by atoms with Gasteiger partial charge in [0.25, 0.3) is 0 Å². The van der Waals surface area contributed by atoms with Crippen LogP contribution in [0.25, 0.3) is 10.8 Å². The van der Waals surface area contributed by atoms with Crippen molar-refractivity contribution in [1.82, 2.24) is 0 Å². The van der Waals surface area contributed by atoms with Crippen molar-refractivity contribution < 1.29 is 9.84 Å². The largest absolute Gasteiger partial charge is 0.507 e. The Kier molecular flexibility index (Phi) is 3.58. The predicted octanol–water partition coefficient (Wildman–Crippen LogP) is 4.50. The van der Waals surface area contributed by atoms with E-state index in [0.29, 0.717) is 11.7 Å². The van der Waals surface area contributed by atoms with E-state index in [-0.39, 0.29) is 0 Å². The lowest BCUT2D eigenvalue weighted by molar-refractivity contribution is 0.210. The van der Waals surface area contributed by atoms with E-state index in [0.717, 1.165) is 23.1 Å². The fourth-order valence-corrected chi connectivity index (χ4v) is 2.95. The number of benzene rings is 2. The van der Waals surface area contributed by atoms with Gasteiger partial charge in [-0.15, -0.1) is 0 Å². The van der Waals surface area contributed by atoms with Gasteiger partial charge < -0.3 is 9.84 Å². The second-order valence-corrected chi connectivity index (χ2v) is 5.44. The molecule has 1 fully saturated rings. The van der Waals surface area contributed by atoms with Crippen molar-refractivity contribution in [3.63, 3.8) is 0 Å². The maximum absolute atomic E-state index is 9.86. The van der Waals surface area contributed by atoms with E-state index < -0.39 is 0 Å². The molecule has 3 rings (SSSR count). The smallest absolute Gasteiger partial charge is 0.127 e. The molecule has 100 valence electrons. The topological polar surface area (TPSA) is 29.5 Å². The highest BCUT2D eigenvalue weighted by Gasteiger charge is 2.14. The molecule has 0 saturated heterocycles. The quantitative estimate of drug-likeness (QED) is 0.875. The molecule has 0 amide bonds. The van der Waals surface area contributed by atoms with Crippen LogP contribution in [-0.4, -0.2) is 11.7 Å². The molecule has 1 aliphatic carbocycles. The summed E-state index contributed by atoms with van der Waals surface area (Å²) in [6.45, 7) is 0.800. The molecule has 0 unspecified atom stereocenters. The minimum absolute atomic E-state index is 0.320. The lowest BCUT2D eigenvalue weighted by Crippen LogP contribution is -2.15. The summed E-state index contributed by atoms with van der Waals surface area (Å²) < 4.78 is 6.00. The highest BCUT2D eigenvalue weighted by atomic mass is 16.5. The third-order valence-corrected chi connectivity index (χ3v) is 4.06. The standard InChI is InChI=1S/C17H20O2/c18-16-10-4-9-15-14(16)8-5-11-17(15)19-12-13-6-2-1-3-7-13/h4-5,8-11,13,18H,1-3,6-7,12H2. The van der Waals surface area contributed by atoms with E-state index in [1.165, 1.54) is 32.1 Å². The van der Waals surface area contributed by atoms with Crippen molar-refractivity contribution in [2.45, 2.75) is 32.1 Å². The number of hydrogen-bond acceptors (Lipinski definition) is 2. The first-order valence-corrected chi connectivity index (χ1v) is 7.18. The molecule has 0 heterocycles. The van der Waals surface area contributed by atoms with Gasteiger partial charge in [0.1, 0.15) is 11.5 Å². The average molecular weight is 256 g/mol. The highest BCUT2D eigenvalue weighted by molar-refractivity contribution is 5.92. The summed E-state index contributed by atoms with van der Waals surface area (Å²) in [6.07, 6.45) is 6.62. The lowest BCUT2D eigenvalue weighted by atomic mass is 9.90. The van der Waals surface area contributed by atoms with Gasteiger partial charge in [0.2, 0.25) is 0 Å². The fraction of sp³-hybridized carbons (Fsp3) is 0.412. The molecular formula is C17H20O2. The number of hydrogen-bond donors (Lipinski definition) is 1. The van der Waals surface area contributed by atoms with Crippen molar-refractivity contribution in [2.75, 3.05) is 6.61 Å². The zero-order chi connectivity index (χ0) is 13.1. The molecule has 1 saturated carbocycles. The van der Waals surface area contributed by atoms with Crippen LogP contribution in [0.15, 0.2) is 36.4 Å². The number of aromatic hydroxyl groups is 1. The Bertz CT molecular complexity index is 556. The predicted molar refractivity (Wildman–Crippen MR) is 77.7 cm³/mol. The highest BCUT2D eigenvalue weighted by Crippen LogP contribution is 2.32. The van der Waals surface area contributed by atoms with Gasteiger partial charge in [-0.25, -0.2) is 0 Å². The van der Waals surface area contributed by atoms with Gasteiger partial charge in [-0.05, 0) is 30.9 Å². The van der Waals surface area contributed by atoms with Gasteiger partial charge in [-0.1, -0.05) is 43.5 Å². The summed E-state index contributed by atoms with van der Waals surface area (Å²) in [6, 6.07) is 11.4. The molecule has 2 aromatic rings. The van der Waals surface area contributed by atoms with Crippen molar-refractivity contribution in [1.29, 1.82) is 0 Å². The van der Waals surface area contributed by atoms with E-state index in [4.69, 9.17) is 4.74 Å². The number of phenols is 1. The molecule has 0 aromatic heterocycles. The van der Waals surface area contributed by atoms with Crippen molar-refractivity contribution in [3.8, 4) is 11.5 Å². The van der Waals surface area contributed by atoms with Crippen molar-refractivity contribution in [3.05, 3.63) is 36.4 Å². The zero-order valence-electron chi connectivity index (χ0n) is 11.1.